The number of benzene rings is 1. The van der Waals surface area contributed by atoms with Crippen LogP contribution in [0.25, 0.3) is 0 Å². The number of halogens is 1. The zero-order chi connectivity index (χ0) is 8.43. The molecule has 0 saturated carbocycles. The lowest BCUT2D eigenvalue weighted by Crippen LogP contribution is -2.05. The molecule has 0 radical (unpaired) electrons. The van der Waals surface area contributed by atoms with E-state index in [1.807, 2.05) is 0 Å². The topological polar surface area (TPSA) is 46.2 Å². The molecule has 0 aromatic heterocycles. The molecule has 0 saturated heterocycles. The van der Waals surface area contributed by atoms with E-state index in [9.17, 15) is 5.11 Å². The van der Waals surface area contributed by atoms with Crippen molar-refractivity contribution in [1.82, 2.24) is 0 Å². The van der Waals surface area contributed by atoms with Crippen molar-refractivity contribution >= 4 is 11.6 Å². The Hall–Kier alpha value is -0.730. The van der Waals surface area contributed by atoms with Crippen molar-refractivity contribution in [2.45, 2.75) is 13.0 Å². The maximum Gasteiger partial charge on any atom is 0.121 e. The Bertz CT molecular complexity index is 240. The Morgan fingerprint density at radius 2 is 2.18 bits per heavy atom. The molecule has 1 aromatic rings. The summed E-state index contributed by atoms with van der Waals surface area (Å²) in [7, 11) is 0. The van der Waals surface area contributed by atoms with Gasteiger partial charge in [0.1, 0.15) is 5.75 Å². The zero-order valence-electron chi connectivity index (χ0n) is 6.21. The van der Waals surface area contributed by atoms with Gasteiger partial charge in [0.15, 0.2) is 0 Å². The van der Waals surface area contributed by atoms with Crippen LogP contribution in [0.1, 0.15) is 18.5 Å². The Labute approximate surface area is 70.6 Å². The second kappa shape index (κ2) is 3.11. The maximum absolute atomic E-state index is 9.30. The fourth-order valence-corrected chi connectivity index (χ4v) is 1.32. The van der Waals surface area contributed by atoms with Crippen LogP contribution in [0.4, 0.5) is 0 Å². The van der Waals surface area contributed by atoms with Crippen LogP contribution in [0.15, 0.2) is 18.2 Å². The van der Waals surface area contributed by atoms with Gasteiger partial charge in [0.25, 0.3) is 0 Å². The third kappa shape index (κ3) is 1.64. The third-order valence-corrected chi connectivity index (χ3v) is 1.81. The molecule has 1 unspecified atom stereocenters. The van der Waals surface area contributed by atoms with E-state index in [1.165, 1.54) is 0 Å². The summed E-state index contributed by atoms with van der Waals surface area (Å²) in [5, 5.41) is 9.81. The fraction of sp³-hybridized carbons (Fsp3) is 0.250. The molecule has 0 amide bonds. The van der Waals surface area contributed by atoms with E-state index in [4.69, 9.17) is 17.3 Å². The SMILES string of the molecule is CC(N)c1c(O)cccc1Cl. The molecule has 1 atom stereocenters. The Morgan fingerprint density at radius 1 is 1.55 bits per heavy atom. The third-order valence-electron chi connectivity index (χ3n) is 1.49. The minimum atomic E-state index is -0.233. The van der Waals surface area contributed by atoms with E-state index in [-0.39, 0.29) is 11.8 Å². The summed E-state index contributed by atoms with van der Waals surface area (Å²) < 4.78 is 0. The van der Waals surface area contributed by atoms with Gasteiger partial charge >= 0.3 is 0 Å². The summed E-state index contributed by atoms with van der Waals surface area (Å²) in [6.45, 7) is 1.78. The summed E-state index contributed by atoms with van der Waals surface area (Å²) in [5.41, 5.74) is 6.18. The van der Waals surface area contributed by atoms with Gasteiger partial charge < -0.3 is 10.8 Å². The first kappa shape index (κ1) is 8.37. The minimum Gasteiger partial charge on any atom is -0.508 e. The van der Waals surface area contributed by atoms with Gasteiger partial charge in [-0.15, -0.1) is 0 Å². The van der Waals surface area contributed by atoms with E-state index in [0.717, 1.165) is 0 Å². The largest absolute Gasteiger partial charge is 0.508 e. The number of phenolic OH excluding ortho intramolecular Hbond substituents is 1. The van der Waals surface area contributed by atoms with Crippen molar-refractivity contribution in [3.63, 3.8) is 0 Å². The molecule has 0 heterocycles. The van der Waals surface area contributed by atoms with Crippen LogP contribution in [0.3, 0.4) is 0 Å². The lowest BCUT2D eigenvalue weighted by molar-refractivity contribution is 0.464. The van der Waals surface area contributed by atoms with Gasteiger partial charge in [-0.3, -0.25) is 0 Å². The van der Waals surface area contributed by atoms with Gasteiger partial charge in [0, 0.05) is 16.6 Å². The molecule has 0 spiro atoms. The molecule has 0 aliphatic rings. The summed E-state index contributed by atoms with van der Waals surface area (Å²) in [5.74, 6) is 0.160. The molecule has 1 rings (SSSR count). The predicted molar refractivity (Wildman–Crippen MR) is 45.7 cm³/mol. The first-order valence-corrected chi connectivity index (χ1v) is 3.73. The highest BCUT2D eigenvalue weighted by Crippen LogP contribution is 2.29. The number of phenols is 1. The van der Waals surface area contributed by atoms with E-state index >= 15 is 0 Å². The average Bonchev–Trinajstić information content (AvgIpc) is 1.85. The van der Waals surface area contributed by atoms with Crippen molar-refractivity contribution in [2.24, 2.45) is 5.73 Å². The lowest BCUT2D eigenvalue weighted by atomic mass is 10.1. The molecule has 11 heavy (non-hydrogen) atoms. The summed E-state index contributed by atoms with van der Waals surface area (Å²) >= 11 is 5.78. The van der Waals surface area contributed by atoms with Crippen LogP contribution in [0.2, 0.25) is 5.02 Å². The molecule has 0 fully saturated rings. The molecule has 1 aromatic carbocycles. The number of hydrogen-bond donors (Lipinski definition) is 2. The number of nitrogens with two attached hydrogens (primary N) is 1. The summed E-state index contributed by atoms with van der Waals surface area (Å²) in [4.78, 5) is 0. The van der Waals surface area contributed by atoms with E-state index in [0.29, 0.717) is 10.6 Å². The lowest BCUT2D eigenvalue weighted by Gasteiger charge is -2.09. The highest BCUT2D eigenvalue weighted by molar-refractivity contribution is 6.31. The Morgan fingerprint density at radius 3 is 2.55 bits per heavy atom. The predicted octanol–water partition coefficient (Wildman–Crippen LogP) is 2.07. The number of rotatable bonds is 1. The molecule has 0 aliphatic carbocycles. The minimum absolute atomic E-state index is 0.160. The van der Waals surface area contributed by atoms with Gasteiger partial charge in [-0.25, -0.2) is 0 Å². The highest BCUT2D eigenvalue weighted by atomic mass is 35.5. The van der Waals surface area contributed by atoms with Crippen LogP contribution in [-0.2, 0) is 0 Å². The van der Waals surface area contributed by atoms with Gasteiger partial charge in [-0.1, -0.05) is 17.7 Å². The molecule has 0 aliphatic heterocycles. The highest BCUT2D eigenvalue weighted by Gasteiger charge is 2.09. The summed E-state index contributed by atoms with van der Waals surface area (Å²) in [6, 6.07) is 4.73. The second-order valence-electron chi connectivity index (χ2n) is 2.46. The van der Waals surface area contributed by atoms with Gasteiger partial charge in [-0.05, 0) is 19.1 Å². The molecule has 2 nitrogen and oxygen atoms in total. The first-order valence-electron chi connectivity index (χ1n) is 3.36. The van der Waals surface area contributed by atoms with Crippen molar-refractivity contribution in [1.29, 1.82) is 0 Å². The Kier molecular flexibility index (Phi) is 2.37. The molecular formula is C8H10ClNO. The molecule has 3 N–H and O–H groups in total. The molecule has 0 bridgehead atoms. The number of aromatic hydroxyl groups is 1. The van der Waals surface area contributed by atoms with E-state index in [2.05, 4.69) is 0 Å². The van der Waals surface area contributed by atoms with Crippen molar-refractivity contribution < 1.29 is 5.11 Å². The standard InChI is InChI=1S/C8H10ClNO/c1-5(10)8-6(9)3-2-4-7(8)11/h2-5,11H,10H2,1H3. The van der Waals surface area contributed by atoms with Crippen LogP contribution >= 0.6 is 11.6 Å². The maximum atomic E-state index is 9.30. The van der Waals surface area contributed by atoms with Gasteiger partial charge in [0.2, 0.25) is 0 Å². The smallest absolute Gasteiger partial charge is 0.121 e. The summed E-state index contributed by atoms with van der Waals surface area (Å²) in [6.07, 6.45) is 0. The van der Waals surface area contributed by atoms with E-state index in [1.54, 1.807) is 25.1 Å². The fourth-order valence-electron chi connectivity index (χ4n) is 0.976. The molecule has 60 valence electrons. The van der Waals surface area contributed by atoms with Crippen molar-refractivity contribution in [3.05, 3.63) is 28.8 Å². The monoisotopic (exact) mass is 171 g/mol. The first-order chi connectivity index (χ1) is 5.13. The average molecular weight is 172 g/mol. The van der Waals surface area contributed by atoms with Crippen LogP contribution in [-0.4, -0.2) is 5.11 Å². The van der Waals surface area contributed by atoms with Crippen molar-refractivity contribution in [3.8, 4) is 5.75 Å². The molecule has 3 heteroatoms. The Balaban J connectivity index is 3.21. The van der Waals surface area contributed by atoms with Gasteiger partial charge in [0.05, 0.1) is 0 Å². The van der Waals surface area contributed by atoms with Crippen LogP contribution in [0, 0.1) is 0 Å². The second-order valence-corrected chi connectivity index (χ2v) is 2.87. The van der Waals surface area contributed by atoms with Crippen molar-refractivity contribution in [2.75, 3.05) is 0 Å². The number of hydrogen-bond acceptors (Lipinski definition) is 2. The molecular weight excluding hydrogens is 162 g/mol. The van der Waals surface area contributed by atoms with Gasteiger partial charge in [-0.2, -0.15) is 0 Å². The van der Waals surface area contributed by atoms with Crippen LogP contribution in [0.5, 0.6) is 5.75 Å². The van der Waals surface area contributed by atoms with E-state index < -0.39 is 0 Å². The van der Waals surface area contributed by atoms with Crippen LogP contribution < -0.4 is 5.73 Å². The quantitative estimate of drug-likeness (QED) is 0.680. The normalized spacial score (nSPS) is 13.0. The zero-order valence-corrected chi connectivity index (χ0v) is 6.97.